The number of hydrogen-bond acceptors (Lipinski definition) is 5. The molecule has 5 unspecified atom stereocenters. The molecule has 5 N–H and O–H groups in total. The molecule has 7 heteroatoms. The zero-order valence-electron chi connectivity index (χ0n) is 20.4. The summed E-state index contributed by atoms with van der Waals surface area (Å²) in [6, 6.07) is 0. The van der Waals surface area contributed by atoms with E-state index in [1.165, 1.54) is 0 Å². The Balaban J connectivity index is 1.47. The quantitative estimate of drug-likeness (QED) is 0.410. The van der Waals surface area contributed by atoms with Gasteiger partial charge in [0.05, 0.1) is 18.3 Å². The molecule has 11 atom stereocenters. The minimum absolute atomic E-state index is 0.0319. The highest BCUT2D eigenvalue weighted by molar-refractivity contribution is 5.81. The van der Waals surface area contributed by atoms with E-state index in [2.05, 4.69) is 26.1 Å². The van der Waals surface area contributed by atoms with E-state index < -0.39 is 18.2 Å². The average molecular weight is 466 g/mol. The van der Waals surface area contributed by atoms with Crippen LogP contribution in [-0.2, 0) is 9.59 Å². The third-order valence-electron chi connectivity index (χ3n) is 10.7. The van der Waals surface area contributed by atoms with Crippen LogP contribution in [0.25, 0.3) is 0 Å². The summed E-state index contributed by atoms with van der Waals surface area (Å²) in [7, 11) is 0. The van der Waals surface area contributed by atoms with Gasteiger partial charge >= 0.3 is 5.97 Å². The van der Waals surface area contributed by atoms with E-state index in [0.717, 1.165) is 44.9 Å². The Hall–Kier alpha value is -1.18. The summed E-state index contributed by atoms with van der Waals surface area (Å²) in [4.78, 5) is 22.7. The lowest BCUT2D eigenvalue weighted by atomic mass is 9.43. The van der Waals surface area contributed by atoms with E-state index >= 15 is 0 Å². The van der Waals surface area contributed by atoms with Gasteiger partial charge in [-0.15, -0.1) is 0 Å². The van der Waals surface area contributed by atoms with Crippen LogP contribution < -0.4 is 5.32 Å². The zero-order valence-corrected chi connectivity index (χ0v) is 20.4. The second-order valence-electron chi connectivity index (χ2n) is 12.2. The molecule has 33 heavy (non-hydrogen) atoms. The molecule has 188 valence electrons. The van der Waals surface area contributed by atoms with Crippen LogP contribution >= 0.6 is 0 Å². The third-order valence-corrected chi connectivity index (χ3v) is 10.7. The maximum absolute atomic E-state index is 12.0. The van der Waals surface area contributed by atoms with E-state index in [0.29, 0.717) is 36.5 Å². The van der Waals surface area contributed by atoms with Gasteiger partial charge in [-0.3, -0.25) is 9.59 Å². The van der Waals surface area contributed by atoms with Crippen LogP contribution in [0.15, 0.2) is 0 Å². The first kappa shape index (κ1) is 24.9. The molecule has 0 bridgehead atoms. The van der Waals surface area contributed by atoms with Crippen molar-refractivity contribution in [3.05, 3.63) is 0 Å². The van der Waals surface area contributed by atoms with Gasteiger partial charge in [-0.25, -0.2) is 0 Å². The number of rotatable bonds is 6. The van der Waals surface area contributed by atoms with Crippen LogP contribution in [0, 0.1) is 46.3 Å². The zero-order chi connectivity index (χ0) is 24.1. The number of fused-ring (bicyclic) bond motifs is 5. The lowest BCUT2D eigenvalue weighted by Gasteiger charge is -2.63. The molecule has 4 saturated carbocycles. The lowest BCUT2D eigenvalue weighted by Crippen LogP contribution is -2.64. The van der Waals surface area contributed by atoms with Gasteiger partial charge < -0.3 is 25.7 Å². The average Bonchev–Trinajstić information content (AvgIpc) is 3.12. The van der Waals surface area contributed by atoms with Gasteiger partial charge in [0, 0.05) is 6.42 Å². The van der Waals surface area contributed by atoms with E-state index in [1.54, 1.807) is 0 Å². The standard InChI is InChI=1S/C26H43NO6/c1-14(4-7-20(29)27-13-21(30)31)16-5-6-17-22-18(9-11-25(16,17)2)26(3)10-8-15(28)12-19(26)23(32)24(22)33/h14-19,22-24,28,32-33H,4-13H2,1-3H3,(H,27,29)(H,30,31)/t14?,15-,16?,17?,18?,19+,22?,23+,24-,25-,26-/m1/s1. The van der Waals surface area contributed by atoms with Crippen LogP contribution in [0.4, 0.5) is 0 Å². The summed E-state index contributed by atoms with van der Waals surface area (Å²) in [6.07, 6.45) is 5.74. The van der Waals surface area contributed by atoms with Gasteiger partial charge in [0.25, 0.3) is 0 Å². The summed E-state index contributed by atoms with van der Waals surface area (Å²) >= 11 is 0. The molecule has 4 aliphatic rings. The maximum atomic E-state index is 12.0. The van der Waals surface area contributed by atoms with Gasteiger partial charge in [0.2, 0.25) is 5.91 Å². The molecule has 0 aromatic heterocycles. The van der Waals surface area contributed by atoms with Crippen molar-refractivity contribution < 1.29 is 30.0 Å². The van der Waals surface area contributed by atoms with Crippen molar-refractivity contribution in [2.45, 2.75) is 96.9 Å². The van der Waals surface area contributed by atoms with Crippen LogP contribution in [0.1, 0.15) is 78.6 Å². The molecule has 4 aliphatic carbocycles. The number of aliphatic hydroxyl groups excluding tert-OH is 3. The van der Waals surface area contributed by atoms with Gasteiger partial charge in [-0.1, -0.05) is 20.8 Å². The maximum Gasteiger partial charge on any atom is 0.322 e. The third kappa shape index (κ3) is 4.23. The number of amides is 1. The van der Waals surface area contributed by atoms with E-state index in [-0.39, 0.29) is 41.2 Å². The fraction of sp³-hybridized carbons (Fsp3) is 0.923. The second kappa shape index (κ2) is 9.12. The highest BCUT2D eigenvalue weighted by atomic mass is 16.4. The van der Waals surface area contributed by atoms with Crippen molar-refractivity contribution in [2.24, 2.45) is 46.3 Å². The summed E-state index contributed by atoms with van der Waals surface area (Å²) in [5, 5.41) is 44.0. The van der Waals surface area contributed by atoms with Crippen molar-refractivity contribution in [2.75, 3.05) is 6.54 Å². The Morgan fingerprint density at radius 2 is 1.61 bits per heavy atom. The van der Waals surface area contributed by atoms with Gasteiger partial charge in [-0.05, 0) is 97.7 Å². The van der Waals surface area contributed by atoms with Crippen LogP contribution in [-0.4, -0.2) is 57.2 Å². The highest BCUT2D eigenvalue weighted by Crippen LogP contribution is 2.68. The van der Waals surface area contributed by atoms with Gasteiger partial charge in [0.1, 0.15) is 6.54 Å². The molecule has 7 nitrogen and oxygen atoms in total. The van der Waals surface area contributed by atoms with E-state index in [1.807, 2.05) is 0 Å². The SMILES string of the molecule is CC(CCC(=O)NCC(=O)O)C1CCC2C3C(CC[C@]12C)[C@@]1(C)CC[C@@H](O)C[C@H]1[C@H](O)[C@@H]3O. The fourth-order valence-electron chi connectivity index (χ4n) is 9.04. The smallest absolute Gasteiger partial charge is 0.322 e. The molecule has 0 radical (unpaired) electrons. The van der Waals surface area contributed by atoms with Crippen molar-refractivity contribution in [1.29, 1.82) is 0 Å². The lowest BCUT2D eigenvalue weighted by molar-refractivity contribution is -0.223. The molecule has 0 aliphatic heterocycles. The van der Waals surface area contributed by atoms with Crippen molar-refractivity contribution in [3.63, 3.8) is 0 Å². The first-order chi connectivity index (χ1) is 15.5. The number of carbonyl (C=O) groups is 2. The molecule has 0 aromatic rings. The Morgan fingerprint density at radius 1 is 0.939 bits per heavy atom. The Bertz CT molecular complexity index is 759. The first-order valence-corrected chi connectivity index (χ1v) is 13.0. The molecule has 0 aromatic carbocycles. The number of carbonyl (C=O) groups excluding carboxylic acids is 1. The van der Waals surface area contributed by atoms with Crippen molar-refractivity contribution >= 4 is 11.9 Å². The van der Waals surface area contributed by atoms with Crippen molar-refractivity contribution in [1.82, 2.24) is 5.32 Å². The molecule has 0 saturated heterocycles. The number of aliphatic hydroxyl groups is 3. The Kier molecular flexibility index (Phi) is 6.89. The number of aliphatic carboxylic acids is 1. The highest BCUT2D eigenvalue weighted by Gasteiger charge is 2.65. The van der Waals surface area contributed by atoms with E-state index in [9.17, 15) is 24.9 Å². The minimum atomic E-state index is -1.03. The number of nitrogens with one attached hydrogen (secondary N) is 1. The normalized spacial score (nSPS) is 47.7. The predicted octanol–water partition coefficient (Wildman–Crippen LogP) is 2.56. The largest absolute Gasteiger partial charge is 0.480 e. The summed E-state index contributed by atoms with van der Waals surface area (Å²) in [5.74, 6) is 0.340. The Morgan fingerprint density at radius 3 is 2.30 bits per heavy atom. The monoisotopic (exact) mass is 465 g/mol. The minimum Gasteiger partial charge on any atom is -0.480 e. The second-order valence-corrected chi connectivity index (χ2v) is 12.2. The fourth-order valence-corrected chi connectivity index (χ4v) is 9.04. The number of carboxylic acid groups (broad SMARTS) is 1. The molecule has 0 spiro atoms. The number of hydrogen-bond donors (Lipinski definition) is 5. The molecule has 0 heterocycles. The van der Waals surface area contributed by atoms with Gasteiger partial charge in [-0.2, -0.15) is 0 Å². The predicted molar refractivity (Wildman–Crippen MR) is 123 cm³/mol. The van der Waals surface area contributed by atoms with Crippen LogP contribution in [0.2, 0.25) is 0 Å². The van der Waals surface area contributed by atoms with Crippen molar-refractivity contribution in [3.8, 4) is 0 Å². The molecule has 4 fully saturated rings. The Labute approximate surface area is 197 Å². The molecular formula is C26H43NO6. The van der Waals surface area contributed by atoms with Crippen LogP contribution in [0.3, 0.4) is 0 Å². The topological polar surface area (TPSA) is 127 Å². The molecular weight excluding hydrogens is 422 g/mol. The summed E-state index contributed by atoms with van der Waals surface area (Å²) in [6.45, 7) is 6.53. The summed E-state index contributed by atoms with van der Waals surface area (Å²) in [5.41, 5.74) is 0.0476. The first-order valence-electron chi connectivity index (χ1n) is 13.0. The van der Waals surface area contributed by atoms with Gasteiger partial charge in [0.15, 0.2) is 0 Å². The van der Waals surface area contributed by atoms with Crippen LogP contribution in [0.5, 0.6) is 0 Å². The van der Waals surface area contributed by atoms with E-state index in [4.69, 9.17) is 5.11 Å². The molecule has 4 rings (SSSR count). The summed E-state index contributed by atoms with van der Waals surface area (Å²) < 4.78 is 0. The molecule has 1 amide bonds. The number of carboxylic acids is 1.